The van der Waals surface area contributed by atoms with Crippen molar-refractivity contribution in [3.8, 4) is 0 Å². The van der Waals surface area contributed by atoms with E-state index in [2.05, 4.69) is 46.4 Å². The maximum atomic E-state index is 13.9. The average Bonchev–Trinajstić information content (AvgIpc) is 3.84. The number of carboxylic acid groups (broad SMARTS) is 1. The highest BCUT2D eigenvalue weighted by atomic mass is 16.6. The predicted molar refractivity (Wildman–Crippen MR) is 215 cm³/mol. The van der Waals surface area contributed by atoms with Crippen LogP contribution in [0.2, 0.25) is 0 Å². The molecule has 4 fully saturated rings. The van der Waals surface area contributed by atoms with Crippen molar-refractivity contribution in [2.45, 2.75) is 117 Å². The van der Waals surface area contributed by atoms with Crippen LogP contribution >= 0.6 is 0 Å². The SMILES string of the molecule is C[C@H](CCC(=O)OCCOCCOCCN=[N+]=[N-])C1CC[C@H]2[C@@H]3CC[C@@H]4C[C@H](NC(=O)[C@H](CCC(=O)O)Cc5ccc([N+](=O)[O-])c6nonc56)CC[C@]4(C)[C@H]3CC[C@]12C. The Bertz CT molecular complexity index is 1850. The Balaban J connectivity index is 0.982. The number of fused-ring (bicyclic) bond motifs is 6. The Morgan fingerprint density at radius 1 is 0.983 bits per heavy atom. The fourth-order valence-corrected chi connectivity index (χ4v) is 12.1. The van der Waals surface area contributed by atoms with Crippen LogP contribution in [0.4, 0.5) is 5.69 Å². The molecule has 1 amide bonds. The minimum absolute atomic E-state index is 0.00162. The Morgan fingerprint density at radius 2 is 1.71 bits per heavy atom. The topological polar surface area (TPSA) is 242 Å². The number of azide groups is 1. The van der Waals surface area contributed by atoms with Crippen molar-refractivity contribution < 1.29 is 43.3 Å². The number of carboxylic acids is 1. The summed E-state index contributed by atoms with van der Waals surface area (Å²) in [6, 6.07) is 2.88. The van der Waals surface area contributed by atoms with Crippen LogP contribution in [0.5, 0.6) is 0 Å². The number of ether oxygens (including phenoxy) is 3. The van der Waals surface area contributed by atoms with Gasteiger partial charge in [-0.05, 0) is 151 Å². The quantitative estimate of drug-likeness (QED) is 0.0235. The summed E-state index contributed by atoms with van der Waals surface area (Å²) in [5.74, 6) is 1.49. The van der Waals surface area contributed by atoms with E-state index in [-0.39, 0.29) is 77.9 Å². The molecule has 0 aliphatic heterocycles. The van der Waals surface area contributed by atoms with E-state index in [1.165, 1.54) is 38.2 Å². The maximum Gasteiger partial charge on any atom is 0.305 e. The van der Waals surface area contributed by atoms with Gasteiger partial charge in [0.25, 0.3) is 0 Å². The number of non-ortho nitro benzene ring substituents is 1. The van der Waals surface area contributed by atoms with Crippen molar-refractivity contribution in [3.05, 3.63) is 38.3 Å². The zero-order valence-corrected chi connectivity index (χ0v) is 34.7. The molecule has 4 aliphatic rings. The van der Waals surface area contributed by atoms with Gasteiger partial charge in [-0.25, -0.2) is 4.63 Å². The number of nitro benzene ring substituents is 1. The molecule has 2 N–H and O–H groups in total. The van der Waals surface area contributed by atoms with E-state index in [0.29, 0.717) is 73.9 Å². The lowest BCUT2D eigenvalue weighted by molar-refractivity contribution is -0.383. The van der Waals surface area contributed by atoms with Gasteiger partial charge in [0.2, 0.25) is 11.4 Å². The molecule has 10 atom stereocenters. The molecule has 59 heavy (non-hydrogen) atoms. The van der Waals surface area contributed by atoms with E-state index in [1.807, 2.05) is 0 Å². The molecule has 0 radical (unpaired) electrons. The number of nitrogens with zero attached hydrogens (tertiary/aromatic N) is 6. The van der Waals surface area contributed by atoms with Crippen LogP contribution in [0.3, 0.4) is 0 Å². The van der Waals surface area contributed by atoms with Gasteiger partial charge in [0.1, 0.15) is 12.1 Å². The molecule has 17 heteroatoms. The molecular weight excluding hydrogens is 763 g/mol. The number of hydrogen-bond donors (Lipinski definition) is 2. The Kier molecular flexibility index (Phi) is 14.9. The molecule has 17 nitrogen and oxygen atoms in total. The van der Waals surface area contributed by atoms with Crippen LogP contribution in [0.25, 0.3) is 21.5 Å². The van der Waals surface area contributed by atoms with Crippen molar-refractivity contribution in [1.82, 2.24) is 15.6 Å². The number of aliphatic carboxylic acids is 1. The van der Waals surface area contributed by atoms with Gasteiger partial charge < -0.3 is 24.6 Å². The smallest absolute Gasteiger partial charge is 0.305 e. The van der Waals surface area contributed by atoms with Gasteiger partial charge in [-0.1, -0.05) is 25.9 Å². The van der Waals surface area contributed by atoms with E-state index in [9.17, 15) is 29.6 Å². The third-order valence-corrected chi connectivity index (χ3v) is 15.1. The summed E-state index contributed by atoms with van der Waals surface area (Å²) in [5.41, 5.74) is 9.28. The summed E-state index contributed by atoms with van der Waals surface area (Å²) in [4.78, 5) is 51.7. The number of esters is 1. The van der Waals surface area contributed by atoms with Gasteiger partial charge in [-0.3, -0.25) is 24.5 Å². The molecule has 0 bridgehead atoms. The van der Waals surface area contributed by atoms with Gasteiger partial charge in [0.15, 0.2) is 0 Å². The van der Waals surface area contributed by atoms with Gasteiger partial charge in [0.05, 0.1) is 31.4 Å². The first-order chi connectivity index (χ1) is 28.4. The van der Waals surface area contributed by atoms with Crippen LogP contribution in [-0.4, -0.2) is 83.8 Å². The normalized spacial score (nSPS) is 29.6. The summed E-state index contributed by atoms with van der Waals surface area (Å²) in [5, 5.41) is 35.3. The number of carbonyl (C=O) groups excluding carboxylic acids is 2. The summed E-state index contributed by atoms with van der Waals surface area (Å²) in [6.07, 6.45) is 11.4. The van der Waals surface area contributed by atoms with Gasteiger partial charge in [-0.2, -0.15) is 0 Å². The molecule has 4 saturated carbocycles. The average molecular weight is 824 g/mol. The second kappa shape index (κ2) is 19.8. The fourth-order valence-electron chi connectivity index (χ4n) is 12.1. The van der Waals surface area contributed by atoms with E-state index in [4.69, 9.17) is 24.4 Å². The molecule has 2 aromatic rings. The standard InChI is InChI=1S/C42H61N7O10/c1-26(4-13-37(52)58-23-22-57-21-20-56-19-18-44-48-43)32-9-10-33-31-8-7-29-25-30(14-16-41(29,2)34(31)15-17-42(32,33)3)45-40(53)28(6-12-36(50)51)24-27-5-11-35(49(54)55)39-38(27)46-59-47-39/h5,11,26,28-34H,4,6-10,12-25H2,1-3H3,(H,45,53)(H,50,51)/t26-,28-,29-,30-,31+,32?,33+,34+,41+,42-/m1/s1. The van der Waals surface area contributed by atoms with Crippen LogP contribution in [0.15, 0.2) is 21.9 Å². The van der Waals surface area contributed by atoms with Crippen molar-refractivity contribution in [1.29, 1.82) is 0 Å². The molecule has 0 saturated heterocycles. The molecule has 6 rings (SSSR count). The molecule has 324 valence electrons. The Morgan fingerprint density at radius 3 is 2.47 bits per heavy atom. The number of nitro groups is 1. The lowest BCUT2D eigenvalue weighted by Gasteiger charge is -2.61. The first-order valence-corrected chi connectivity index (χ1v) is 21.6. The van der Waals surface area contributed by atoms with E-state index >= 15 is 0 Å². The third-order valence-electron chi connectivity index (χ3n) is 15.1. The minimum atomic E-state index is -0.990. The first kappa shape index (κ1) is 44.2. The van der Waals surface area contributed by atoms with E-state index < -0.39 is 16.8 Å². The number of hydrogen-bond acceptors (Lipinski definition) is 12. The first-order valence-electron chi connectivity index (χ1n) is 21.6. The largest absolute Gasteiger partial charge is 0.481 e. The van der Waals surface area contributed by atoms with Crippen LogP contribution < -0.4 is 5.32 Å². The molecule has 4 aliphatic carbocycles. The maximum absolute atomic E-state index is 13.9. The van der Waals surface area contributed by atoms with Gasteiger partial charge >= 0.3 is 17.6 Å². The van der Waals surface area contributed by atoms with Crippen LogP contribution in [-0.2, 0) is 35.0 Å². The number of amides is 1. The Labute approximate surface area is 344 Å². The molecule has 1 aromatic carbocycles. The summed E-state index contributed by atoms with van der Waals surface area (Å²) >= 11 is 0. The number of aromatic nitrogens is 2. The number of rotatable bonds is 21. The zero-order chi connectivity index (χ0) is 42.2. The van der Waals surface area contributed by atoms with Crippen molar-refractivity contribution in [2.75, 3.05) is 39.6 Å². The summed E-state index contributed by atoms with van der Waals surface area (Å²) in [7, 11) is 0. The molecule has 1 aromatic heterocycles. The lowest BCUT2D eigenvalue weighted by atomic mass is 9.44. The van der Waals surface area contributed by atoms with E-state index in [1.54, 1.807) is 6.07 Å². The fraction of sp³-hybridized carbons (Fsp3) is 0.786. The highest BCUT2D eigenvalue weighted by Gasteiger charge is 2.60. The van der Waals surface area contributed by atoms with Crippen LogP contribution in [0, 0.1) is 62.4 Å². The van der Waals surface area contributed by atoms with Crippen LogP contribution in [0.1, 0.15) is 110 Å². The highest BCUT2D eigenvalue weighted by Crippen LogP contribution is 2.68. The summed E-state index contributed by atoms with van der Waals surface area (Å²) in [6.45, 7) is 9.29. The lowest BCUT2D eigenvalue weighted by Crippen LogP contribution is -2.56. The second-order valence-electron chi connectivity index (χ2n) is 18.1. The number of carbonyl (C=O) groups is 3. The number of nitrogens with one attached hydrogen (secondary N) is 1. The molecule has 1 heterocycles. The molecular formula is C42H61N7O10. The third kappa shape index (κ3) is 10.2. The number of benzene rings is 1. The van der Waals surface area contributed by atoms with Crippen molar-refractivity contribution in [3.63, 3.8) is 0 Å². The molecule has 0 spiro atoms. The van der Waals surface area contributed by atoms with Gasteiger partial charge in [-0.15, -0.1) is 0 Å². The predicted octanol–water partition coefficient (Wildman–Crippen LogP) is 7.60. The second-order valence-corrected chi connectivity index (χ2v) is 18.1. The van der Waals surface area contributed by atoms with Gasteiger partial charge in [0, 0.05) is 42.3 Å². The van der Waals surface area contributed by atoms with Crippen molar-refractivity contribution in [2.24, 2.45) is 57.4 Å². The highest BCUT2D eigenvalue weighted by molar-refractivity contribution is 5.87. The molecule has 1 unspecified atom stereocenters. The zero-order valence-electron chi connectivity index (χ0n) is 34.7. The Hall–Kier alpha value is -4.34. The van der Waals surface area contributed by atoms with E-state index in [0.717, 1.165) is 32.1 Å². The monoisotopic (exact) mass is 823 g/mol. The summed E-state index contributed by atoms with van der Waals surface area (Å²) < 4.78 is 21.0. The minimum Gasteiger partial charge on any atom is -0.481 e. The van der Waals surface area contributed by atoms with Crippen molar-refractivity contribution >= 4 is 34.6 Å².